The van der Waals surface area contributed by atoms with Crippen molar-refractivity contribution in [1.82, 2.24) is 10.2 Å². The van der Waals surface area contributed by atoms with Gasteiger partial charge in [0.2, 0.25) is 0 Å². The van der Waals surface area contributed by atoms with Crippen molar-refractivity contribution in [2.45, 2.75) is 39.5 Å². The molecule has 0 unspecified atom stereocenters. The monoisotopic (exact) mass is 322 g/mol. The van der Waals surface area contributed by atoms with Gasteiger partial charge in [0.25, 0.3) is 0 Å². The molecule has 3 rings (SSSR count). The van der Waals surface area contributed by atoms with Crippen LogP contribution in [0.25, 0.3) is 21.5 Å². The lowest BCUT2D eigenvalue weighted by Crippen LogP contribution is -2.08. The Balaban J connectivity index is 2.05. The summed E-state index contributed by atoms with van der Waals surface area (Å²) in [5, 5.41) is 20.5. The van der Waals surface area contributed by atoms with Gasteiger partial charge in [0.15, 0.2) is 11.6 Å². The highest BCUT2D eigenvalue weighted by molar-refractivity contribution is 6.06. The van der Waals surface area contributed by atoms with Gasteiger partial charge in [0, 0.05) is 23.9 Å². The first-order chi connectivity index (χ1) is 11.8. The van der Waals surface area contributed by atoms with Crippen molar-refractivity contribution >= 4 is 33.2 Å². The zero-order valence-electron chi connectivity index (χ0n) is 14.6. The highest BCUT2D eigenvalue weighted by atomic mass is 15.2. The molecule has 4 nitrogen and oxygen atoms in total. The second kappa shape index (κ2) is 7.95. The van der Waals surface area contributed by atoms with E-state index >= 15 is 0 Å². The molecular formula is C20H26N4. The predicted octanol–water partition coefficient (Wildman–Crippen LogP) is 5.21. The van der Waals surface area contributed by atoms with Crippen molar-refractivity contribution in [1.29, 1.82) is 0 Å². The number of hydrogen-bond donors (Lipinski definition) is 2. The molecule has 126 valence electrons. The van der Waals surface area contributed by atoms with E-state index in [1.165, 1.54) is 10.8 Å². The van der Waals surface area contributed by atoms with Crippen molar-refractivity contribution in [3.63, 3.8) is 0 Å². The van der Waals surface area contributed by atoms with Gasteiger partial charge in [-0.2, -0.15) is 0 Å². The third-order valence-electron chi connectivity index (χ3n) is 4.29. The van der Waals surface area contributed by atoms with Crippen LogP contribution in [0.4, 0.5) is 11.6 Å². The Bertz CT molecular complexity index is 745. The molecule has 0 saturated carbocycles. The van der Waals surface area contributed by atoms with Crippen LogP contribution in [0, 0.1) is 0 Å². The maximum absolute atomic E-state index is 4.44. The number of aromatic nitrogens is 2. The molecule has 0 aliphatic carbocycles. The molecule has 0 aliphatic heterocycles. The van der Waals surface area contributed by atoms with Gasteiger partial charge < -0.3 is 10.6 Å². The van der Waals surface area contributed by atoms with Crippen molar-refractivity contribution in [2.24, 2.45) is 0 Å². The van der Waals surface area contributed by atoms with Crippen molar-refractivity contribution in [3.8, 4) is 0 Å². The second-order valence-corrected chi connectivity index (χ2v) is 6.20. The van der Waals surface area contributed by atoms with Gasteiger partial charge in [0.1, 0.15) is 0 Å². The van der Waals surface area contributed by atoms with E-state index in [1.54, 1.807) is 0 Å². The summed E-state index contributed by atoms with van der Waals surface area (Å²) < 4.78 is 0. The fourth-order valence-electron chi connectivity index (χ4n) is 2.87. The van der Waals surface area contributed by atoms with Gasteiger partial charge in [-0.1, -0.05) is 51.0 Å². The Morgan fingerprint density at radius 3 is 1.62 bits per heavy atom. The quantitative estimate of drug-likeness (QED) is 0.442. The number of nitrogens with zero attached hydrogens (tertiary/aromatic N) is 2. The number of benzene rings is 2. The average Bonchev–Trinajstić information content (AvgIpc) is 2.62. The summed E-state index contributed by atoms with van der Waals surface area (Å²) in [5.41, 5.74) is 0. The van der Waals surface area contributed by atoms with E-state index in [0.29, 0.717) is 0 Å². The first-order valence-corrected chi connectivity index (χ1v) is 9.00. The Morgan fingerprint density at radius 1 is 0.750 bits per heavy atom. The fourth-order valence-corrected chi connectivity index (χ4v) is 2.87. The van der Waals surface area contributed by atoms with E-state index in [-0.39, 0.29) is 0 Å². The van der Waals surface area contributed by atoms with Gasteiger partial charge in [-0.05, 0) is 35.7 Å². The smallest absolute Gasteiger partial charge is 0.156 e. The highest BCUT2D eigenvalue weighted by Crippen LogP contribution is 2.30. The largest absolute Gasteiger partial charge is 0.368 e. The minimum Gasteiger partial charge on any atom is -0.368 e. The minimum atomic E-state index is 0.880. The standard InChI is InChI=1S/C20H26N4/c1-3-5-11-21-19-17-13-15-9-7-8-10-16(15)14-18(17)20(24-23-19)22-12-6-4-2/h7-10,13-14H,3-6,11-12H2,1-2H3,(H,21,23)(H,22,24). The summed E-state index contributed by atoms with van der Waals surface area (Å²) >= 11 is 0. The van der Waals surface area contributed by atoms with Crippen LogP contribution in [0.2, 0.25) is 0 Å². The number of fused-ring (bicyclic) bond motifs is 2. The fraction of sp³-hybridized carbons (Fsp3) is 0.400. The van der Waals surface area contributed by atoms with Crippen molar-refractivity contribution < 1.29 is 0 Å². The zero-order valence-corrected chi connectivity index (χ0v) is 14.6. The highest BCUT2D eigenvalue weighted by Gasteiger charge is 2.10. The summed E-state index contributed by atoms with van der Waals surface area (Å²) in [6, 6.07) is 12.9. The first kappa shape index (κ1) is 16.5. The summed E-state index contributed by atoms with van der Waals surface area (Å²) in [6.45, 7) is 6.24. The molecule has 0 fully saturated rings. The molecular weight excluding hydrogens is 296 g/mol. The molecule has 0 saturated heterocycles. The molecule has 24 heavy (non-hydrogen) atoms. The maximum atomic E-state index is 4.44. The average molecular weight is 322 g/mol. The predicted molar refractivity (Wildman–Crippen MR) is 104 cm³/mol. The maximum Gasteiger partial charge on any atom is 0.156 e. The molecule has 0 atom stereocenters. The van der Waals surface area contributed by atoms with Crippen LogP contribution < -0.4 is 10.6 Å². The molecule has 2 aromatic carbocycles. The van der Waals surface area contributed by atoms with Gasteiger partial charge in [-0.25, -0.2) is 0 Å². The lowest BCUT2D eigenvalue weighted by molar-refractivity contribution is 0.822. The van der Waals surface area contributed by atoms with E-state index in [0.717, 1.165) is 61.2 Å². The first-order valence-electron chi connectivity index (χ1n) is 9.00. The van der Waals surface area contributed by atoms with Gasteiger partial charge in [-0.15, -0.1) is 10.2 Å². The minimum absolute atomic E-state index is 0.880. The molecule has 0 spiro atoms. The lowest BCUT2D eigenvalue weighted by Gasteiger charge is -2.13. The second-order valence-electron chi connectivity index (χ2n) is 6.20. The number of unbranched alkanes of at least 4 members (excludes halogenated alkanes) is 2. The molecule has 1 heterocycles. The summed E-state index contributed by atoms with van der Waals surface area (Å²) in [4.78, 5) is 0. The van der Waals surface area contributed by atoms with Crippen LogP contribution in [0.15, 0.2) is 36.4 Å². The summed E-state index contributed by atoms with van der Waals surface area (Å²) in [5.74, 6) is 1.76. The van der Waals surface area contributed by atoms with Crippen LogP contribution in [0.1, 0.15) is 39.5 Å². The van der Waals surface area contributed by atoms with E-state index in [2.05, 4.69) is 71.1 Å². The third-order valence-corrected chi connectivity index (χ3v) is 4.29. The van der Waals surface area contributed by atoms with E-state index in [4.69, 9.17) is 0 Å². The van der Waals surface area contributed by atoms with Crippen LogP contribution >= 0.6 is 0 Å². The number of rotatable bonds is 8. The summed E-state index contributed by atoms with van der Waals surface area (Å²) in [7, 11) is 0. The SMILES string of the molecule is CCCCNc1nnc(NCCCC)c2cc3ccccc3cc12. The van der Waals surface area contributed by atoms with E-state index in [1.807, 2.05) is 0 Å². The zero-order chi connectivity index (χ0) is 16.8. The molecule has 0 aliphatic rings. The molecule has 4 heteroatoms. The number of hydrogen-bond acceptors (Lipinski definition) is 4. The van der Waals surface area contributed by atoms with E-state index in [9.17, 15) is 0 Å². The summed E-state index contributed by atoms with van der Waals surface area (Å²) in [6.07, 6.45) is 4.59. The normalized spacial score (nSPS) is 11.1. The van der Waals surface area contributed by atoms with Gasteiger partial charge in [-0.3, -0.25) is 0 Å². The van der Waals surface area contributed by atoms with Crippen LogP contribution in [-0.4, -0.2) is 23.3 Å². The molecule has 0 radical (unpaired) electrons. The van der Waals surface area contributed by atoms with Crippen LogP contribution in [0.5, 0.6) is 0 Å². The van der Waals surface area contributed by atoms with Gasteiger partial charge in [0.05, 0.1) is 0 Å². The lowest BCUT2D eigenvalue weighted by atomic mass is 10.0. The van der Waals surface area contributed by atoms with Crippen LogP contribution in [-0.2, 0) is 0 Å². The van der Waals surface area contributed by atoms with E-state index < -0.39 is 0 Å². The Labute approximate surface area is 143 Å². The third kappa shape index (κ3) is 3.58. The molecule has 1 aromatic heterocycles. The number of anilines is 2. The van der Waals surface area contributed by atoms with Crippen molar-refractivity contribution in [2.75, 3.05) is 23.7 Å². The Kier molecular flexibility index (Phi) is 5.47. The van der Waals surface area contributed by atoms with Gasteiger partial charge >= 0.3 is 0 Å². The molecule has 0 bridgehead atoms. The molecule has 2 N–H and O–H groups in total. The van der Waals surface area contributed by atoms with Crippen molar-refractivity contribution in [3.05, 3.63) is 36.4 Å². The van der Waals surface area contributed by atoms with Crippen LogP contribution in [0.3, 0.4) is 0 Å². The Morgan fingerprint density at radius 2 is 1.21 bits per heavy atom. The topological polar surface area (TPSA) is 49.8 Å². The molecule has 3 aromatic rings. The Hall–Kier alpha value is -2.36. The molecule has 0 amide bonds. The number of nitrogens with one attached hydrogen (secondary N) is 2.